The number of Topliss-reactive ketones (excluding diaryl/α,β-unsaturated/α-hetero) is 1. The van der Waals surface area contributed by atoms with E-state index in [1.54, 1.807) is 37.3 Å². The van der Waals surface area contributed by atoms with Crippen molar-refractivity contribution in [2.24, 2.45) is 5.92 Å². The lowest BCUT2D eigenvalue weighted by atomic mass is 9.86. The number of carbonyl (C=O) groups excluding carboxylic acids is 2. The van der Waals surface area contributed by atoms with Crippen LogP contribution in [0, 0.1) is 5.92 Å². The van der Waals surface area contributed by atoms with Crippen molar-refractivity contribution in [2.75, 3.05) is 6.61 Å². The molecule has 1 aliphatic carbocycles. The zero-order valence-electron chi connectivity index (χ0n) is 13.2. The third-order valence-corrected chi connectivity index (χ3v) is 4.16. The summed E-state index contributed by atoms with van der Waals surface area (Å²) in [5.41, 5.74) is 0.712. The molecule has 1 aromatic rings. The smallest absolute Gasteiger partial charge is 0.341 e. The van der Waals surface area contributed by atoms with Crippen molar-refractivity contribution < 1.29 is 14.3 Å². The van der Waals surface area contributed by atoms with E-state index in [0.717, 1.165) is 6.42 Å². The molecule has 0 aliphatic heterocycles. The minimum atomic E-state index is -0.507. The first-order chi connectivity index (χ1) is 10.7. The number of rotatable bonds is 6. The Bertz CT molecular complexity index is 525. The Balaban J connectivity index is 2.14. The van der Waals surface area contributed by atoms with Gasteiger partial charge in [0.1, 0.15) is 5.57 Å². The van der Waals surface area contributed by atoms with Crippen LogP contribution in [0.15, 0.2) is 42.0 Å². The highest BCUT2D eigenvalue weighted by atomic mass is 16.5. The van der Waals surface area contributed by atoms with E-state index in [-0.39, 0.29) is 18.0 Å². The Morgan fingerprint density at radius 2 is 1.82 bits per heavy atom. The zero-order valence-corrected chi connectivity index (χ0v) is 13.2. The topological polar surface area (TPSA) is 43.4 Å². The van der Waals surface area contributed by atoms with E-state index in [1.807, 2.05) is 6.07 Å². The molecule has 3 heteroatoms. The van der Waals surface area contributed by atoms with Crippen molar-refractivity contribution in [1.82, 2.24) is 0 Å². The van der Waals surface area contributed by atoms with E-state index in [1.165, 1.54) is 32.1 Å². The van der Waals surface area contributed by atoms with Crippen LogP contribution in [0.1, 0.15) is 55.8 Å². The number of ketones is 1. The van der Waals surface area contributed by atoms with Gasteiger partial charge in [-0.05, 0) is 19.3 Å². The zero-order chi connectivity index (χ0) is 15.8. The number of esters is 1. The van der Waals surface area contributed by atoms with Gasteiger partial charge in [-0.3, -0.25) is 4.79 Å². The normalized spacial score (nSPS) is 16.3. The van der Waals surface area contributed by atoms with Crippen LogP contribution in [0.2, 0.25) is 0 Å². The second-order valence-corrected chi connectivity index (χ2v) is 5.77. The maximum atomic E-state index is 12.6. The van der Waals surface area contributed by atoms with Crippen LogP contribution in [0.3, 0.4) is 0 Å². The number of benzene rings is 1. The van der Waals surface area contributed by atoms with Gasteiger partial charge in [0, 0.05) is 5.56 Å². The summed E-state index contributed by atoms with van der Waals surface area (Å²) in [7, 11) is 0. The largest absolute Gasteiger partial charge is 0.462 e. The maximum Gasteiger partial charge on any atom is 0.341 e. The van der Waals surface area contributed by atoms with E-state index in [0.29, 0.717) is 11.5 Å². The van der Waals surface area contributed by atoms with Crippen LogP contribution in [0.5, 0.6) is 0 Å². The molecule has 118 valence electrons. The summed E-state index contributed by atoms with van der Waals surface area (Å²) in [4.78, 5) is 24.7. The lowest BCUT2D eigenvalue weighted by molar-refractivity contribution is -0.138. The van der Waals surface area contributed by atoms with Crippen molar-refractivity contribution in [3.05, 3.63) is 47.5 Å². The Kier molecular flexibility index (Phi) is 6.38. The molecule has 1 fully saturated rings. The molecule has 0 heterocycles. The summed E-state index contributed by atoms with van der Waals surface area (Å²) in [6.07, 6.45) is 8.75. The fraction of sp³-hybridized carbons (Fsp3) is 0.474. The van der Waals surface area contributed by atoms with Gasteiger partial charge in [0.05, 0.1) is 6.61 Å². The molecular formula is C19H24O3. The predicted octanol–water partition coefficient (Wildman–Crippen LogP) is 4.33. The molecule has 1 saturated carbocycles. The van der Waals surface area contributed by atoms with Gasteiger partial charge in [0.15, 0.2) is 5.78 Å². The number of carbonyl (C=O) groups is 2. The molecule has 3 nitrogen and oxygen atoms in total. The first kappa shape index (κ1) is 16.5. The highest BCUT2D eigenvalue weighted by Crippen LogP contribution is 2.27. The van der Waals surface area contributed by atoms with Crippen molar-refractivity contribution >= 4 is 11.8 Å². The van der Waals surface area contributed by atoms with Gasteiger partial charge in [0.25, 0.3) is 0 Å². The van der Waals surface area contributed by atoms with Crippen molar-refractivity contribution in [1.29, 1.82) is 0 Å². The minimum Gasteiger partial charge on any atom is -0.462 e. The SMILES string of the molecule is CCOC(=O)C(=CCC1CCCCC1)C(=O)c1ccccc1. The fourth-order valence-electron chi connectivity index (χ4n) is 2.93. The molecular weight excluding hydrogens is 276 g/mol. The molecule has 0 bridgehead atoms. The average molecular weight is 300 g/mol. The van der Waals surface area contributed by atoms with Crippen LogP contribution in [-0.2, 0) is 9.53 Å². The molecule has 0 amide bonds. The molecule has 0 unspecified atom stereocenters. The molecule has 0 aromatic heterocycles. The summed E-state index contributed by atoms with van der Waals surface area (Å²) in [5.74, 6) is -0.163. The molecule has 0 spiro atoms. The second-order valence-electron chi connectivity index (χ2n) is 5.77. The molecule has 0 N–H and O–H groups in total. The lowest BCUT2D eigenvalue weighted by Gasteiger charge is -2.20. The van der Waals surface area contributed by atoms with Crippen LogP contribution < -0.4 is 0 Å². The minimum absolute atomic E-state index is 0.179. The highest BCUT2D eigenvalue weighted by molar-refractivity contribution is 6.24. The monoisotopic (exact) mass is 300 g/mol. The van der Waals surface area contributed by atoms with Gasteiger partial charge in [-0.2, -0.15) is 0 Å². The molecule has 0 radical (unpaired) electrons. The molecule has 1 aromatic carbocycles. The van der Waals surface area contributed by atoms with Crippen molar-refractivity contribution in [2.45, 2.75) is 45.4 Å². The van der Waals surface area contributed by atoms with Crippen LogP contribution in [-0.4, -0.2) is 18.4 Å². The molecule has 22 heavy (non-hydrogen) atoms. The van der Waals surface area contributed by atoms with E-state index < -0.39 is 5.97 Å². The predicted molar refractivity (Wildman–Crippen MR) is 86.7 cm³/mol. The number of hydrogen-bond donors (Lipinski definition) is 0. The summed E-state index contributed by atoms with van der Waals surface area (Å²) < 4.78 is 5.06. The molecule has 0 saturated heterocycles. The highest BCUT2D eigenvalue weighted by Gasteiger charge is 2.22. The van der Waals surface area contributed by atoms with Crippen LogP contribution in [0.4, 0.5) is 0 Å². The molecule has 1 aliphatic rings. The van der Waals surface area contributed by atoms with Crippen LogP contribution >= 0.6 is 0 Å². The summed E-state index contributed by atoms with van der Waals surface area (Å²) in [6.45, 7) is 2.03. The maximum absolute atomic E-state index is 12.6. The van der Waals surface area contributed by atoms with Gasteiger partial charge in [-0.1, -0.05) is 68.5 Å². The van der Waals surface area contributed by atoms with E-state index in [9.17, 15) is 9.59 Å². The third kappa shape index (κ3) is 4.55. The first-order valence-corrected chi connectivity index (χ1v) is 8.19. The lowest BCUT2D eigenvalue weighted by Crippen LogP contribution is -2.17. The average Bonchev–Trinajstić information content (AvgIpc) is 2.57. The Labute approximate surface area is 132 Å². The number of allylic oxidation sites excluding steroid dienone is 1. The molecule has 0 atom stereocenters. The summed E-state index contributed by atoms with van der Waals surface area (Å²) >= 11 is 0. The van der Waals surface area contributed by atoms with Gasteiger partial charge in [0.2, 0.25) is 0 Å². The van der Waals surface area contributed by atoms with E-state index in [2.05, 4.69) is 0 Å². The Morgan fingerprint density at radius 1 is 1.14 bits per heavy atom. The van der Waals surface area contributed by atoms with E-state index in [4.69, 9.17) is 4.74 Å². The van der Waals surface area contributed by atoms with Crippen LogP contribution in [0.25, 0.3) is 0 Å². The second kappa shape index (κ2) is 8.52. The van der Waals surface area contributed by atoms with Gasteiger partial charge < -0.3 is 4.74 Å². The summed E-state index contributed by atoms with van der Waals surface area (Å²) in [5, 5.41) is 0. The number of ether oxygens (including phenoxy) is 1. The van der Waals surface area contributed by atoms with Crippen molar-refractivity contribution in [3.63, 3.8) is 0 Å². The molecule has 2 rings (SSSR count). The fourth-order valence-corrected chi connectivity index (χ4v) is 2.93. The number of hydrogen-bond acceptors (Lipinski definition) is 3. The first-order valence-electron chi connectivity index (χ1n) is 8.19. The Hall–Kier alpha value is -1.90. The standard InChI is InChI=1S/C19H24O3/c1-2-22-19(21)17(14-13-15-9-5-3-6-10-15)18(20)16-11-7-4-8-12-16/h4,7-8,11-12,14-15H,2-3,5-6,9-10,13H2,1H3. The Morgan fingerprint density at radius 3 is 2.45 bits per heavy atom. The van der Waals surface area contributed by atoms with Gasteiger partial charge in [-0.15, -0.1) is 0 Å². The van der Waals surface area contributed by atoms with Crippen molar-refractivity contribution in [3.8, 4) is 0 Å². The van der Waals surface area contributed by atoms with E-state index >= 15 is 0 Å². The summed E-state index contributed by atoms with van der Waals surface area (Å²) in [6, 6.07) is 8.92. The van der Waals surface area contributed by atoms with Gasteiger partial charge >= 0.3 is 5.97 Å². The third-order valence-electron chi connectivity index (χ3n) is 4.16. The van der Waals surface area contributed by atoms with Gasteiger partial charge in [-0.25, -0.2) is 4.79 Å². The quantitative estimate of drug-likeness (QED) is 0.258.